The van der Waals surface area contributed by atoms with Crippen LogP contribution in [0.3, 0.4) is 0 Å². The first-order valence-corrected chi connectivity index (χ1v) is 8.01. The summed E-state index contributed by atoms with van der Waals surface area (Å²) >= 11 is 0. The van der Waals surface area contributed by atoms with E-state index in [4.69, 9.17) is 10.6 Å². The fraction of sp³-hybridized carbons (Fsp3) is 0.750. The Morgan fingerprint density at radius 1 is 1.14 bits per heavy atom. The molecule has 1 atom stereocenters. The van der Waals surface area contributed by atoms with Crippen molar-refractivity contribution in [1.82, 2.24) is 9.97 Å². The average molecular weight is 294 g/mol. The van der Waals surface area contributed by atoms with Gasteiger partial charge < -0.3 is 10.2 Å². The molecule has 5 heteroatoms. The Morgan fingerprint density at radius 2 is 1.86 bits per heavy atom. The Balaban J connectivity index is 2.74. The molecule has 120 valence electrons. The molecule has 1 rings (SSSR count). The average Bonchev–Trinajstić information content (AvgIpc) is 2.45. The van der Waals surface area contributed by atoms with E-state index < -0.39 is 0 Å². The summed E-state index contributed by atoms with van der Waals surface area (Å²) in [6.07, 6.45) is 6.20. The third-order valence-electron chi connectivity index (χ3n) is 3.55. The van der Waals surface area contributed by atoms with Crippen molar-refractivity contribution < 1.29 is 4.74 Å². The molecule has 0 amide bonds. The van der Waals surface area contributed by atoms with Crippen LogP contribution >= 0.6 is 0 Å². The molecule has 5 nitrogen and oxygen atoms in total. The second-order valence-corrected chi connectivity index (χ2v) is 5.94. The molecule has 0 saturated heterocycles. The summed E-state index contributed by atoms with van der Waals surface area (Å²) < 4.78 is 6.01. The third-order valence-corrected chi connectivity index (χ3v) is 3.55. The van der Waals surface area contributed by atoms with Crippen molar-refractivity contribution in [1.29, 1.82) is 0 Å². The lowest BCUT2D eigenvalue weighted by molar-refractivity contribution is 0.196. The molecule has 0 bridgehead atoms. The minimum Gasteiger partial charge on any atom is -0.474 e. The number of nitrogen functional groups attached to an aromatic ring is 1. The van der Waals surface area contributed by atoms with Crippen LogP contribution in [0, 0.1) is 6.92 Å². The molecule has 0 aliphatic carbocycles. The van der Waals surface area contributed by atoms with E-state index in [1.165, 1.54) is 25.7 Å². The second kappa shape index (κ2) is 8.82. The smallest absolute Gasteiger partial charge is 0.222 e. The van der Waals surface area contributed by atoms with Crippen molar-refractivity contribution in [2.45, 2.75) is 78.7 Å². The van der Waals surface area contributed by atoms with Gasteiger partial charge in [0, 0.05) is 5.92 Å². The topological polar surface area (TPSA) is 73.1 Å². The normalized spacial score (nSPS) is 12.5. The monoisotopic (exact) mass is 294 g/mol. The molecule has 0 fully saturated rings. The highest BCUT2D eigenvalue weighted by atomic mass is 16.5. The van der Waals surface area contributed by atoms with Gasteiger partial charge in [-0.25, -0.2) is 10.8 Å². The molecule has 1 unspecified atom stereocenters. The lowest BCUT2D eigenvalue weighted by Gasteiger charge is -2.18. The number of unbranched alkanes of at least 4 members (excludes halogenated alkanes) is 3. The van der Waals surface area contributed by atoms with Gasteiger partial charge in [-0.05, 0) is 26.7 Å². The van der Waals surface area contributed by atoms with Crippen LogP contribution in [0.25, 0.3) is 0 Å². The number of nitrogens with one attached hydrogen (secondary N) is 1. The highest BCUT2D eigenvalue weighted by Crippen LogP contribution is 2.25. The largest absolute Gasteiger partial charge is 0.474 e. The minimum atomic E-state index is 0.154. The van der Waals surface area contributed by atoms with Gasteiger partial charge in [0.05, 0.1) is 11.7 Å². The van der Waals surface area contributed by atoms with E-state index in [-0.39, 0.29) is 12.0 Å². The Morgan fingerprint density at radius 3 is 2.43 bits per heavy atom. The Hall–Kier alpha value is -1.36. The Bertz CT molecular complexity index is 435. The number of nitrogens with zero attached hydrogens (tertiary/aromatic N) is 2. The SMILES string of the molecule is CCCCCCC(C)Oc1nc(C(C)C)nc(NN)c1C. The number of hydrogen-bond donors (Lipinski definition) is 2. The number of hydrazine groups is 1. The van der Waals surface area contributed by atoms with E-state index in [1.807, 2.05) is 6.92 Å². The van der Waals surface area contributed by atoms with Gasteiger partial charge in [0.2, 0.25) is 5.88 Å². The number of nitrogens with two attached hydrogens (primary N) is 1. The van der Waals surface area contributed by atoms with E-state index in [0.29, 0.717) is 11.7 Å². The van der Waals surface area contributed by atoms with Gasteiger partial charge in [-0.15, -0.1) is 0 Å². The molecule has 1 aromatic heterocycles. The van der Waals surface area contributed by atoms with Crippen molar-refractivity contribution in [3.05, 3.63) is 11.4 Å². The summed E-state index contributed by atoms with van der Waals surface area (Å²) in [5, 5.41) is 0. The summed E-state index contributed by atoms with van der Waals surface area (Å²) in [7, 11) is 0. The van der Waals surface area contributed by atoms with Crippen LogP contribution in [0.1, 0.15) is 77.1 Å². The lowest BCUT2D eigenvalue weighted by Crippen LogP contribution is -2.18. The van der Waals surface area contributed by atoms with E-state index in [0.717, 1.165) is 17.8 Å². The van der Waals surface area contributed by atoms with Crippen molar-refractivity contribution in [3.63, 3.8) is 0 Å². The summed E-state index contributed by atoms with van der Waals surface area (Å²) in [6, 6.07) is 0. The molecule has 0 aromatic carbocycles. The Labute approximate surface area is 128 Å². The van der Waals surface area contributed by atoms with E-state index in [9.17, 15) is 0 Å². The van der Waals surface area contributed by atoms with Gasteiger partial charge >= 0.3 is 0 Å². The molecule has 0 spiro atoms. The van der Waals surface area contributed by atoms with Crippen molar-refractivity contribution in [3.8, 4) is 5.88 Å². The molecular formula is C16H30N4O. The quantitative estimate of drug-likeness (QED) is 0.410. The molecular weight excluding hydrogens is 264 g/mol. The number of aromatic nitrogens is 2. The number of anilines is 1. The molecule has 3 N–H and O–H groups in total. The summed E-state index contributed by atoms with van der Waals surface area (Å²) in [5.41, 5.74) is 3.50. The van der Waals surface area contributed by atoms with Crippen molar-refractivity contribution in [2.24, 2.45) is 5.84 Å². The van der Waals surface area contributed by atoms with Gasteiger partial charge in [-0.2, -0.15) is 4.98 Å². The van der Waals surface area contributed by atoms with Crippen LogP contribution in [-0.4, -0.2) is 16.1 Å². The first-order chi connectivity index (χ1) is 9.99. The minimum absolute atomic E-state index is 0.154. The van der Waals surface area contributed by atoms with Crippen LogP contribution in [0.5, 0.6) is 5.88 Å². The zero-order valence-corrected chi connectivity index (χ0v) is 14.1. The summed E-state index contributed by atoms with van der Waals surface area (Å²) in [6.45, 7) is 10.4. The predicted molar refractivity (Wildman–Crippen MR) is 87.5 cm³/mol. The zero-order chi connectivity index (χ0) is 15.8. The second-order valence-electron chi connectivity index (χ2n) is 5.94. The highest BCUT2D eigenvalue weighted by molar-refractivity contribution is 5.47. The summed E-state index contributed by atoms with van der Waals surface area (Å²) in [4.78, 5) is 8.95. The van der Waals surface area contributed by atoms with Gasteiger partial charge in [-0.1, -0.05) is 40.0 Å². The molecule has 21 heavy (non-hydrogen) atoms. The fourth-order valence-corrected chi connectivity index (χ4v) is 2.13. The fourth-order valence-electron chi connectivity index (χ4n) is 2.13. The first-order valence-electron chi connectivity index (χ1n) is 8.01. The molecule has 1 heterocycles. The maximum Gasteiger partial charge on any atom is 0.222 e. The first kappa shape index (κ1) is 17.7. The standard InChI is InChI=1S/C16H30N4O/c1-6-7-8-9-10-12(4)21-16-13(5)15(20-17)18-14(19-16)11(2)3/h11-12H,6-10,17H2,1-5H3,(H,18,19,20). The summed E-state index contributed by atoms with van der Waals surface area (Å²) in [5.74, 6) is 7.81. The van der Waals surface area contributed by atoms with Crippen LogP contribution in [0.4, 0.5) is 5.82 Å². The maximum absolute atomic E-state index is 6.01. The molecule has 0 radical (unpaired) electrons. The van der Waals surface area contributed by atoms with E-state index >= 15 is 0 Å². The predicted octanol–water partition coefficient (Wildman–Crippen LogP) is 3.93. The van der Waals surface area contributed by atoms with Gasteiger partial charge in [-0.3, -0.25) is 0 Å². The zero-order valence-electron chi connectivity index (χ0n) is 14.1. The Kier molecular flexibility index (Phi) is 7.43. The molecule has 0 aliphatic heterocycles. The van der Waals surface area contributed by atoms with Crippen molar-refractivity contribution >= 4 is 5.82 Å². The number of ether oxygens (including phenoxy) is 1. The van der Waals surface area contributed by atoms with Gasteiger partial charge in [0.15, 0.2) is 0 Å². The maximum atomic E-state index is 6.01. The van der Waals surface area contributed by atoms with Crippen LogP contribution in [-0.2, 0) is 0 Å². The van der Waals surface area contributed by atoms with Crippen LogP contribution in [0.15, 0.2) is 0 Å². The number of rotatable bonds is 9. The highest BCUT2D eigenvalue weighted by Gasteiger charge is 2.15. The molecule has 0 saturated carbocycles. The molecule has 0 aliphatic rings. The molecule has 1 aromatic rings. The number of hydrogen-bond acceptors (Lipinski definition) is 5. The van der Waals surface area contributed by atoms with E-state index in [2.05, 4.69) is 43.1 Å². The van der Waals surface area contributed by atoms with Gasteiger partial charge in [0.25, 0.3) is 0 Å². The van der Waals surface area contributed by atoms with Crippen molar-refractivity contribution in [2.75, 3.05) is 5.43 Å². The van der Waals surface area contributed by atoms with Crippen LogP contribution < -0.4 is 16.0 Å². The third kappa shape index (κ3) is 5.50. The van der Waals surface area contributed by atoms with Gasteiger partial charge in [0.1, 0.15) is 11.6 Å². The van der Waals surface area contributed by atoms with Crippen LogP contribution in [0.2, 0.25) is 0 Å². The lowest BCUT2D eigenvalue weighted by atomic mass is 10.1. The van der Waals surface area contributed by atoms with E-state index in [1.54, 1.807) is 0 Å².